The van der Waals surface area contributed by atoms with Crippen LogP contribution in [-0.2, 0) is 4.79 Å². The summed E-state index contributed by atoms with van der Waals surface area (Å²) in [6, 6.07) is -0.822. The van der Waals surface area contributed by atoms with Crippen LogP contribution >= 0.6 is 11.5 Å². The highest BCUT2D eigenvalue weighted by molar-refractivity contribution is 7.03. The maximum atomic E-state index is 11.7. The summed E-state index contributed by atoms with van der Waals surface area (Å²) in [4.78, 5) is 22.6. The van der Waals surface area contributed by atoms with Gasteiger partial charge in [-0.1, -0.05) is 13.3 Å². The molecule has 0 aliphatic rings. The molecule has 0 radical (unpaired) electrons. The van der Waals surface area contributed by atoms with Crippen LogP contribution in [0.3, 0.4) is 0 Å². The Bertz CT molecular complexity index is 389. The summed E-state index contributed by atoms with van der Waals surface area (Å²) in [5.74, 6) is -1.37. The minimum Gasteiger partial charge on any atom is -0.480 e. The Balaban J connectivity index is 2.69. The first-order valence-electron chi connectivity index (χ1n) is 5.01. The Morgan fingerprint density at radius 2 is 2.31 bits per heavy atom. The molecule has 0 aliphatic heterocycles. The van der Waals surface area contributed by atoms with Gasteiger partial charge in [0.2, 0.25) is 0 Å². The SMILES string of the molecule is CCCC(NC(=O)c1csnc1C)C(=O)O. The molecule has 0 aromatic carbocycles. The Kier molecular flexibility index (Phi) is 4.42. The zero-order valence-electron chi connectivity index (χ0n) is 9.19. The van der Waals surface area contributed by atoms with Crippen molar-refractivity contribution in [1.29, 1.82) is 0 Å². The number of amides is 1. The number of nitrogens with zero attached hydrogens (tertiary/aromatic N) is 1. The number of carboxylic acids is 1. The van der Waals surface area contributed by atoms with E-state index in [0.717, 1.165) is 0 Å². The molecule has 88 valence electrons. The number of aliphatic carboxylic acids is 1. The lowest BCUT2D eigenvalue weighted by Gasteiger charge is -2.12. The van der Waals surface area contributed by atoms with Crippen molar-refractivity contribution in [2.24, 2.45) is 0 Å². The average Bonchev–Trinajstić information content (AvgIpc) is 2.63. The van der Waals surface area contributed by atoms with Gasteiger partial charge in [0.15, 0.2) is 0 Å². The fourth-order valence-corrected chi connectivity index (χ4v) is 1.98. The van der Waals surface area contributed by atoms with E-state index in [2.05, 4.69) is 9.69 Å². The molecule has 5 nitrogen and oxygen atoms in total. The molecule has 0 saturated heterocycles. The molecular formula is C10H14N2O3S. The van der Waals surface area contributed by atoms with Crippen molar-refractivity contribution in [1.82, 2.24) is 9.69 Å². The normalized spacial score (nSPS) is 12.1. The highest BCUT2D eigenvalue weighted by Crippen LogP contribution is 2.09. The number of carbonyl (C=O) groups excluding carboxylic acids is 1. The van der Waals surface area contributed by atoms with Crippen LogP contribution < -0.4 is 5.32 Å². The van der Waals surface area contributed by atoms with Gasteiger partial charge in [-0.3, -0.25) is 4.79 Å². The number of aromatic nitrogens is 1. The van der Waals surface area contributed by atoms with Gasteiger partial charge < -0.3 is 10.4 Å². The van der Waals surface area contributed by atoms with Crippen molar-refractivity contribution >= 4 is 23.4 Å². The second kappa shape index (κ2) is 5.60. The number of carboxylic acid groups (broad SMARTS) is 1. The van der Waals surface area contributed by atoms with Gasteiger partial charge in [-0.2, -0.15) is 4.37 Å². The van der Waals surface area contributed by atoms with Crippen molar-refractivity contribution in [3.63, 3.8) is 0 Å². The number of rotatable bonds is 5. The third kappa shape index (κ3) is 3.03. The molecule has 1 aromatic heterocycles. The maximum Gasteiger partial charge on any atom is 0.326 e. The first-order chi connectivity index (χ1) is 7.56. The Morgan fingerprint density at radius 1 is 1.62 bits per heavy atom. The summed E-state index contributed by atoms with van der Waals surface area (Å²) in [7, 11) is 0. The van der Waals surface area contributed by atoms with Crippen LogP contribution in [0, 0.1) is 6.92 Å². The molecule has 1 amide bonds. The predicted octanol–water partition coefficient (Wildman–Crippen LogP) is 1.43. The number of nitrogens with one attached hydrogen (secondary N) is 1. The molecule has 1 rings (SSSR count). The quantitative estimate of drug-likeness (QED) is 0.818. The molecular weight excluding hydrogens is 228 g/mol. The fourth-order valence-electron chi connectivity index (χ4n) is 1.29. The summed E-state index contributed by atoms with van der Waals surface area (Å²) in [5, 5.41) is 13.0. The van der Waals surface area contributed by atoms with Crippen molar-refractivity contribution in [2.75, 3.05) is 0 Å². The predicted molar refractivity (Wildman–Crippen MR) is 60.6 cm³/mol. The summed E-state index contributed by atoms with van der Waals surface area (Å²) in [5.41, 5.74) is 1.08. The number of hydrogen-bond donors (Lipinski definition) is 2. The number of aryl methyl sites for hydroxylation is 1. The largest absolute Gasteiger partial charge is 0.480 e. The molecule has 1 unspecified atom stereocenters. The van der Waals surface area contributed by atoms with E-state index >= 15 is 0 Å². The summed E-state index contributed by atoms with van der Waals surface area (Å²) in [6.07, 6.45) is 1.13. The first kappa shape index (κ1) is 12.6. The van der Waals surface area contributed by atoms with Crippen molar-refractivity contribution in [3.8, 4) is 0 Å². The number of hydrogen-bond acceptors (Lipinski definition) is 4. The second-order valence-electron chi connectivity index (χ2n) is 3.47. The molecule has 0 aliphatic carbocycles. The van der Waals surface area contributed by atoms with Gasteiger partial charge in [0, 0.05) is 5.38 Å². The lowest BCUT2D eigenvalue weighted by molar-refractivity contribution is -0.139. The first-order valence-corrected chi connectivity index (χ1v) is 5.84. The van der Waals surface area contributed by atoms with E-state index in [4.69, 9.17) is 5.11 Å². The van der Waals surface area contributed by atoms with E-state index in [1.54, 1.807) is 12.3 Å². The van der Waals surface area contributed by atoms with Gasteiger partial charge in [0.25, 0.3) is 5.91 Å². The summed E-state index contributed by atoms with van der Waals surface area (Å²) in [6.45, 7) is 3.60. The molecule has 16 heavy (non-hydrogen) atoms. The molecule has 0 spiro atoms. The van der Waals surface area contributed by atoms with Gasteiger partial charge in [-0.05, 0) is 24.9 Å². The van der Waals surface area contributed by atoms with Gasteiger partial charge in [0.1, 0.15) is 6.04 Å². The standard InChI is InChI=1S/C10H14N2O3S/c1-3-4-8(10(14)15)11-9(13)7-5-16-12-6(7)2/h5,8H,3-4H2,1-2H3,(H,11,13)(H,14,15). The minimum atomic E-state index is -1.00. The molecule has 0 bridgehead atoms. The molecule has 1 aromatic rings. The second-order valence-corrected chi connectivity index (χ2v) is 4.10. The van der Waals surface area contributed by atoms with E-state index in [9.17, 15) is 9.59 Å². The fraction of sp³-hybridized carbons (Fsp3) is 0.500. The van der Waals surface area contributed by atoms with Crippen molar-refractivity contribution < 1.29 is 14.7 Å². The van der Waals surface area contributed by atoms with E-state index in [1.165, 1.54) is 11.5 Å². The highest BCUT2D eigenvalue weighted by atomic mass is 32.1. The molecule has 6 heteroatoms. The molecule has 1 atom stereocenters. The van der Waals surface area contributed by atoms with Crippen molar-refractivity contribution in [2.45, 2.75) is 32.7 Å². The Labute approximate surface area is 97.7 Å². The van der Waals surface area contributed by atoms with Crippen LogP contribution in [0.15, 0.2) is 5.38 Å². The summed E-state index contributed by atoms with van der Waals surface area (Å²) >= 11 is 1.19. The van der Waals surface area contributed by atoms with E-state index in [-0.39, 0.29) is 5.91 Å². The van der Waals surface area contributed by atoms with Gasteiger partial charge in [0.05, 0.1) is 11.3 Å². The van der Waals surface area contributed by atoms with Crippen LogP contribution in [-0.4, -0.2) is 27.4 Å². The van der Waals surface area contributed by atoms with Gasteiger partial charge >= 0.3 is 5.97 Å². The third-order valence-corrected chi connectivity index (χ3v) is 2.90. The molecule has 2 N–H and O–H groups in total. The van der Waals surface area contributed by atoms with Crippen LogP contribution in [0.25, 0.3) is 0 Å². The van der Waals surface area contributed by atoms with E-state index < -0.39 is 12.0 Å². The van der Waals surface area contributed by atoms with E-state index in [1.807, 2.05) is 6.92 Å². The summed E-state index contributed by atoms with van der Waals surface area (Å²) < 4.78 is 3.97. The van der Waals surface area contributed by atoms with Crippen molar-refractivity contribution in [3.05, 3.63) is 16.6 Å². The Hall–Kier alpha value is -1.43. The minimum absolute atomic E-state index is 0.368. The van der Waals surface area contributed by atoms with Crippen LogP contribution in [0.4, 0.5) is 0 Å². The van der Waals surface area contributed by atoms with E-state index in [0.29, 0.717) is 24.1 Å². The molecule has 0 saturated carbocycles. The zero-order valence-corrected chi connectivity index (χ0v) is 10.0. The topological polar surface area (TPSA) is 79.3 Å². The average molecular weight is 242 g/mol. The lowest BCUT2D eigenvalue weighted by atomic mass is 10.1. The molecule has 1 heterocycles. The molecule has 0 fully saturated rings. The van der Waals surface area contributed by atoms with Crippen LogP contribution in [0.2, 0.25) is 0 Å². The monoisotopic (exact) mass is 242 g/mol. The van der Waals surface area contributed by atoms with Gasteiger partial charge in [-0.15, -0.1) is 0 Å². The smallest absolute Gasteiger partial charge is 0.326 e. The third-order valence-electron chi connectivity index (χ3n) is 2.18. The zero-order chi connectivity index (χ0) is 12.1. The number of carbonyl (C=O) groups is 2. The highest BCUT2D eigenvalue weighted by Gasteiger charge is 2.21. The van der Waals surface area contributed by atoms with Gasteiger partial charge in [-0.25, -0.2) is 4.79 Å². The lowest BCUT2D eigenvalue weighted by Crippen LogP contribution is -2.40. The maximum absolute atomic E-state index is 11.7. The Morgan fingerprint density at radius 3 is 2.75 bits per heavy atom. The van der Waals surface area contributed by atoms with Crippen LogP contribution in [0.1, 0.15) is 35.8 Å². The van der Waals surface area contributed by atoms with Crippen LogP contribution in [0.5, 0.6) is 0 Å².